The van der Waals surface area contributed by atoms with Crippen LogP contribution in [0.25, 0.3) is 6.08 Å². The van der Waals surface area contributed by atoms with Crippen LogP contribution in [0.3, 0.4) is 0 Å². The zero-order valence-electron chi connectivity index (χ0n) is 13.4. The molecule has 0 aliphatic carbocycles. The second-order valence-corrected chi connectivity index (χ2v) is 4.94. The van der Waals surface area contributed by atoms with Crippen molar-refractivity contribution < 1.29 is 14.3 Å². The van der Waals surface area contributed by atoms with E-state index in [1.165, 1.54) is 6.08 Å². The monoisotopic (exact) mass is 311 g/mol. The molecule has 2 aromatic carbocycles. The normalized spacial score (nSPS) is 10.5. The molecule has 1 N–H and O–H groups in total. The summed E-state index contributed by atoms with van der Waals surface area (Å²) in [6, 6.07) is 14.9. The van der Waals surface area contributed by atoms with Crippen LogP contribution in [-0.2, 0) is 4.79 Å². The number of rotatable bonds is 7. The van der Waals surface area contributed by atoms with E-state index in [-0.39, 0.29) is 5.91 Å². The van der Waals surface area contributed by atoms with Crippen LogP contribution in [0.2, 0.25) is 0 Å². The molecule has 0 bridgehead atoms. The topological polar surface area (TPSA) is 47.6 Å². The second kappa shape index (κ2) is 8.63. The summed E-state index contributed by atoms with van der Waals surface area (Å²) in [6.45, 7) is 2.71. The molecule has 0 heterocycles. The molecule has 2 rings (SSSR count). The zero-order valence-corrected chi connectivity index (χ0v) is 13.4. The highest BCUT2D eigenvalue weighted by atomic mass is 16.5. The Morgan fingerprint density at radius 3 is 2.78 bits per heavy atom. The van der Waals surface area contributed by atoms with E-state index in [1.54, 1.807) is 19.3 Å². The minimum absolute atomic E-state index is 0.205. The average molecular weight is 311 g/mol. The molecule has 0 aliphatic rings. The molecule has 0 saturated carbocycles. The predicted molar refractivity (Wildman–Crippen MR) is 92.9 cm³/mol. The number of benzene rings is 2. The van der Waals surface area contributed by atoms with Gasteiger partial charge in [-0.05, 0) is 30.7 Å². The summed E-state index contributed by atoms with van der Waals surface area (Å²) < 4.78 is 10.8. The molecule has 120 valence electrons. The second-order valence-electron chi connectivity index (χ2n) is 4.94. The van der Waals surface area contributed by atoms with Crippen molar-refractivity contribution in [2.24, 2.45) is 0 Å². The Hall–Kier alpha value is -2.75. The first kappa shape index (κ1) is 16.6. The lowest BCUT2D eigenvalue weighted by Crippen LogP contribution is -2.07. The Morgan fingerprint density at radius 1 is 1.17 bits per heavy atom. The molecular formula is C19H21NO3. The van der Waals surface area contributed by atoms with Crippen molar-refractivity contribution in [3.05, 3.63) is 60.2 Å². The Bertz CT molecular complexity index is 680. The van der Waals surface area contributed by atoms with Gasteiger partial charge in [-0.1, -0.05) is 31.2 Å². The molecule has 0 radical (unpaired) electrons. The fourth-order valence-corrected chi connectivity index (χ4v) is 2.01. The van der Waals surface area contributed by atoms with Crippen LogP contribution < -0.4 is 14.8 Å². The van der Waals surface area contributed by atoms with Gasteiger partial charge in [0.1, 0.15) is 11.5 Å². The minimum atomic E-state index is -0.205. The molecule has 0 saturated heterocycles. The molecule has 4 nitrogen and oxygen atoms in total. The van der Waals surface area contributed by atoms with E-state index in [4.69, 9.17) is 9.47 Å². The standard InChI is InChI=1S/C19H21NO3/c1-3-13-23-18-10-5-4-7-15(18)11-12-19(21)20-16-8-6-9-17(14-16)22-2/h4-12,14H,3,13H2,1-2H3,(H,20,21)/b12-11+. The summed E-state index contributed by atoms with van der Waals surface area (Å²) in [6.07, 6.45) is 4.18. The SMILES string of the molecule is CCCOc1ccccc1/C=C/C(=O)Nc1cccc(OC)c1. The van der Waals surface area contributed by atoms with Crippen molar-refractivity contribution in [1.29, 1.82) is 0 Å². The van der Waals surface area contributed by atoms with E-state index >= 15 is 0 Å². The summed E-state index contributed by atoms with van der Waals surface area (Å²) in [7, 11) is 1.59. The molecule has 0 spiro atoms. The van der Waals surface area contributed by atoms with Gasteiger partial charge in [-0.25, -0.2) is 0 Å². The molecule has 0 fully saturated rings. The largest absolute Gasteiger partial charge is 0.497 e. The number of hydrogen-bond acceptors (Lipinski definition) is 3. The first-order chi connectivity index (χ1) is 11.2. The third-order valence-corrected chi connectivity index (χ3v) is 3.13. The van der Waals surface area contributed by atoms with Crippen LogP contribution in [0.4, 0.5) is 5.69 Å². The summed E-state index contributed by atoms with van der Waals surface area (Å²) in [5, 5.41) is 2.80. The van der Waals surface area contributed by atoms with Crippen LogP contribution in [-0.4, -0.2) is 19.6 Å². The van der Waals surface area contributed by atoms with Gasteiger partial charge in [-0.2, -0.15) is 0 Å². The highest BCUT2D eigenvalue weighted by Crippen LogP contribution is 2.20. The van der Waals surface area contributed by atoms with Crippen molar-refractivity contribution in [3.63, 3.8) is 0 Å². The molecule has 4 heteroatoms. The van der Waals surface area contributed by atoms with Gasteiger partial charge in [0.05, 0.1) is 13.7 Å². The van der Waals surface area contributed by atoms with Crippen molar-refractivity contribution in [2.75, 3.05) is 19.0 Å². The number of nitrogens with one attached hydrogen (secondary N) is 1. The van der Waals surface area contributed by atoms with Crippen LogP contribution in [0.1, 0.15) is 18.9 Å². The van der Waals surface area contributed by atoms with Gasteiger partial charge in [-0.15, -0.1) is 0 Å². The van der Waals surface area contributed by atoms with Gasteiger partial charge in [0, 0.05) is 23.4 Å². The Kier molecular flexibility index (Phi) is 6.24. The average Bonchev–Trinajstić information content (AvgIpc) is 2.59. The smallest absolute Gasteiger partial charge is 0.248 e. The van der Waals surface area contributed by atoms with E-state index in [2.05, 4.69) is 12.2 Å². The Morgan fingerprint density at radius 2 is 2.00 bits per heavy atom. The lowest BCUT2D eigenvalue weighted by Gasteiger charge is -2.08. The van der Waals surface area contributed by atoms with Crippen molar-refractivity contribution in [3.8, 4) is 11.5 Å². The van der Waals surface area contributed by atoms with Crippen molar-refractivity contribution in [2.45, 2.75) is 13.3 Å². The fourth-order valence-electron chi connectivity index (χ4n) is 2.01. The van der Waals surface area contributed by atoms with E-state index in [1.807, 2.05) is 42.5 Å². The highest BCUT2D eigenvalue weighted by molar-refractivity contribution is 6.02. The summed E-state index contributed by atoms with van der Waals surface area (Å²) in [5.74, 6) is 1.27. The van der Waals surface area contributed by atoms with Crippen LogP contribution >= 0.6 is 0 Å². The molecule has 2 aromatic rings. The van der Waals surface area contributed by atoms with E-state index < -0.39 is 0 Å². The first-order valence-electron chi connectivity index (χ1n) is 7.58. The summed E-state index contributed by atoms with van der Waals surface area (Å²) >= 11 is 0. The molecule has 1 amide bonds. The van der Waals surface area contributed by atoms with Gasteiger partial charge >= 0.3 is 0 Å². The van der Waals surface area contributed by atoms with E-state index in [0.29, 0.717) is 18.0 Å². The number of amides is 1. The third-order valence-electron chi connectivity index (χ3n) is 3.13. The lowest BCUT2D eigenvalue weighted by molar-refractivity contribution is -0.111. The predicted octanol–water partition coefficient (Wildman–Crippen LogP) is 4.14. The number of para-hydroxylation sites is 1. The zero-order chi connectivity index (χ0) is 16.5. The molecule has 0 aliphatic heterocycles. The van der Waals surface area contributed by atoms with Crippen LogP contribution in [0.5, 0.6) is 11.5 Å². The van der Waals surface area contributed by atoms with Crippen molar-refractivity contribution >= 4 is 17.7 Å². The molecule has 0 aromatic heterocycles. The first-order valence-corrected chi connectivity index (χ1v) is 7.58. The van der Waals surface area contributed by atoms with Crippen molar-refractivity contribution in [1.82, 2.24) is 0 Å². The minimum Gasteiger partial charge on any atom is -0.497 e. The number of methoxy groups -OCH3 is 1. The van der Waals surface area contributed by atoms with Gasteiger partial charge in [-0.3, -0.25) is 4.79 Å². The fraction of sp³-hybridized carbons (Fsp3) is 0.211. The van der Waals surface area contributed by atoms with Gasteiger partial charge in [0.2, 0.25) is 5.91 Å². The number of hydrogen-bond donors (Lipinski definition) is 1. The number of carbonyl (C=O) groups excluding carboxylic acids is 1. The molecule has 23 heavy (non-hydrogen) atoms. The van der Waals surface area contributed by atoms with Gasteiger partial charge in [0.25, 0.3) is 0 Å². The Balaban J connectivity index is 2.03. The maximum Gasteiger partial charge on any atom is 0.248 e. The van der Waals surface area contributed by atoms with Crippen LogP contribution in [0.15, 0.2) is 54.6 Å². The van der Waals surface area contributed by atoms with E-state index in [9.17, 15) is 4.79 Å². The maximum absolute atomic E-state index is 12.0. The van der Waals surface area contributed by atoms with Gasteiger partial charge < -0.3 is 14.8 Å². The molecule has 0 unspecified atom stereocenters. The highest BCUT2D eigenvalue weighted by Gasteiger charge is 2.02. The van der Waals surface area contributed by atoms with Gasteiger partial charge in [0.15, 0.2) is 0 Å². The Labute approximate surface area is 136 Å². The van der Waals surface area contributed by atoms with Crippen LogP contribution in [0, 0.1) is 0 Å². The lowest BCUT2D eigenvalue weighted by atomic mass is 10.2. The van der Waals surface area contributed by atoms with E-state index in [0.717, 1.165) is 17.7 Å². The molecule has 0 atom stereocenters. The quantitative estimate of drug-likeness (QED) is 0.782. The molecular weight excluding hydrogens is 290 g/mol. The summed E-state index contributed by atoms with van der Waals surface area (Å²) in [5.41, 5.74) is 1.57. The number of carbonyl (C=O) groups is 1. The third kappa shape index (κ3) is 5.18. The number of anilines is 1. The summed E-state index contributed by atoms with van der Waals surface area (Å²) in [4.78, 5) is 12.0. The number of ether oxygens (including phenoxy) is 2. The maximum atomic E-state index is 12.0.